The molecule has 0 saturated carbocycles. The molecule has 6 nitrogen and oxygen atoms in total. The summed E-state index contributed by atoms with van der Waals surface area (Å²) in [4.78, 5) is 4.15. The third-order valence-corrected chi connectivity index (χ3v) is 5.35. The molecule has 0 spiro atoms. The lowest BCUT2D eigenvalue weighted by atomic mass is 10.0. The second-order valence-electron chi connectivity index (χ2n) is 5.44. The Balaban J connectivity index is 1.65. The monoisotopic (exact) mass is 307 g/mol. The van der Waals surface area contributed by atoms with Crippen molar-refractivity contribution in [3.63, 3.8) is 0 Å². The molecular formula is C14H17N3O3S. The van der Waals surface area contributed by atoms with Gasteiger partial charge in [-0.3, -0.25) is 0 Å². The highest BCUT2D eigenvalue weighted by Gasteiger charge is 2.39. The van der Waals surface area contributed by atoms with Crippen molar-refractivity contribution in [3.05, 3.63) is 47.1 Å². The molecule has 0 aliphatic carbocycles. The first kappa shape index (κ1) is 14.2. The van der Waals surface area contributed by atoms with Gasteiger partial charge in [-0.1, -0.05) is 35.0 Å². The van der Waals surface area contributed by atoms with Crippen molar-refractivity contribution in [1.29, 1.82) is 0 Å². The van der Waals surface area contributed by atoms with Crippen LogP contribution >= 0.6 is 0 Å². The predicted octanol–water partition coefficient (Wildman–Crippen LogP) is 1.62. The largest absolute Gasteiger partial charge is 0.339 e. The minimum atomic E-state index is -3.28. The van der Waals surface area contributed by atoms with Crippen LogP contribution in [0.5, 0.6) is 0 Å². The van der Waals surface area contributed by atoms with Crippen molar-refractivity contribution in [3.8, 4) is 0 Å². The van der Waals surface area contributed by atoms with E-state index in [-0.39, 0.29) is 11.7 Å². The Morgan fingerprint density at radius 2 is 2.10 bits per heavy atom. The molecule has 112 valence electrons. The van der Waals surface area contributed by atoms with Crippen LogP contribution in [0.3, 0.4) is 0 Å². The van der Waals surface area contributed by atoms with Crippen molar-refractivity contribution in [2.75, 3.05) is 13.1 Å². The van der Waals surface area contributed by atoms with E-state index in [1.54, 1.807) is 6.92 Å². The van der Waals surface area contributed by atoms with E-state index in [1.807, 2.05) is 31.2 Å². The van der Waals surface area contributed by atoms with Gasteiger partial charge in [-0.25, -0.2) is 8.42 Å². The van der Waals surface area contributed by atoms with Gasteiger partial charge in [-0.05, 0) is 19.4 Å². The van der Waals surface area contributed by atoms with Gasteiger partial charge in [-0.2, -0.15) is 9.29 Å². The summed E-state index contributed by atoms with van der Waals surface area (Å²) in [7, 11) is -3.28. The van der Waals surface area contributed by atoms with Gasteiger partial charge in [0.2, 0.25) is 15.9 Å². The number of hydrogen-bond acceptors (Lipinski definition) is 5. The summed E-state index contributed by atoms with van der Waals surface area (Å²) in [5.41, 5.74) is 1.87. The molecule has 2 heterocycles. The highest BCUT2D eigenvalue weighted by Crippen LogP contribution is 2.29. The van der Waals surface area contributed by atoms with Crippen molar-refractivity contribution >= 4 is 10.0 Å². The van der Waals surface area contributed by atoms with E-state index >= 15 is 0 Å². The van der Waals surface area contributed by atoms with Crippen molar-refractivity contribution in [2.45, 2.75) is 25.5 Å². The Morgan fingerprint density at radius 3 is 2.71 bits per heavy atom. The van der Waals surface area contributed by atoms with Crippen molar-refractivity contribution in [2.24, 2.45) is 0 Å². The molecule has 1 aromatic heterocycles. The summed E-state index contributed by atoms with van der Waals surface area (Å²) in [5, 5.41) is 3.73. The molecule has 21 heavy (non-hydrogen) atoms. The summed E-state index contributed by atoms with van der Waals surface area (Å²) in [6.07, 6.45) is 0. The Labute approximate surface area is 123 Å². The summed E-state index contributed by atoms with van der Waals surface area (Å²) >= 11 is 0. The van der Waals surface area contributed by atoms with Gasteiger partial charge >= 0.3 is 0 Å². The fourth-order valence-corrected chi connectivity index (χ4v) is 4.00. The number of hydrogen-bond donors (Lipinski definition) is 0. The molecule has 0 N–H and O–H groups in total. The first-order valence-electron chi connectivity index (χ1n) is 6.77. The molecule has 1 aliphatic rings. The molecule has 1 saturated heterocycles. The maximum atomic E-state index is 12.3. The summed E-state index contributed by atoms with van der Waals surface area (Å²) < 4.78 is 31.2. The van der Waals surface area contributed by atoms with Gasteiger partial charge in [0, 0.05) is 13.1 Å². The minimum absolute atomic E-state index is 0.0125. The molecule has 0 bridgehead atoms. The maximum absolute atomic E-state index is 12.3. The quantitative estimate of drug-likeness (QED) is 0.858. The predicted molar refractivity (Wildman–Crippen MR) is 77.2 cm³/mol. The number of sulfonamides is 1. The van der Waals surface area contributed by atoms with Crippen LogP contribution in [0.15, 0.2) is 28.8 Å². The van der Waals surface area contributed by atoms with E-state index in [4.69, 9.17) is 4.52 Å². The molecule has 0 unspecified atom stereocenters. The van der Waals surface area contributed by atoms with Crippen LogP contribution in [0.4, 0.5) is 0 Å². The van der Waals surface area contributed by atoms with Gasteiger partial charge in [0.15, 0.2) is 5.82 Å². The van der Waals surface area contributed by atoms with Gasteiger partial charge in [0.05, 0.1) is 11.7 Å². The molecule has 0 amide bonds. The van der Waals surface area contributed by atoms with Crippen LogP contribution in [-0.4, -0.2) is 36.0 Å². The standard InChI is InChI=1S/C14H17N3O3S/c1-10-4-3-5-12(6-10)9-21(18,19)17-7-13(8-17)14-15-11(2)16-20-14/h3-6,13H,7-9H2,1-2H3. The molecule has 1 fully saturated rings. The fourth-order valence-electron chi connectivity index (χ4n) is 2.40. The Bertz CT molecular complexity index is 748. The third kappa shape index (κ3) is 2.98. The zero-order valence-corrected chi connectivity index (χ0v) is 12.8. The maximum Gasteiger partial charge on any atom is 0.232 e. The smallest absolute Gasteiger partial charge is 0.232 e. The fraction of sp³-hybridized carbons (Fsp3) is 0.429. The first-order chi connectivity index (χ1) is 9.94. The van der Waals surface area contributed by atoms with Gasteiger partial charge in [0.25, 0.3) is 0 Å². The van der Waals surface area contributed by atoms with E-state index in [2.05, 4.69) is 10.1 Å². The number of benzene rings is 1. The first-order valence-corrected chi connectivity index (χ1v) is 8.38. The Morgan fingerprint density at radius 1 is 1.33 bits per heavy atom. The van der Waals surface area contributed by atoms with Crippen molar-refractivity contribution < 1.29 is 12.9 Å². The van der Waals surface area contributed by atoms with Crippen LogP contribution < -0.4 is 0 Å². The average Bonchev–Trinajstić information content (AvgIpc) is 2.72. The molecule has 1 aromatic carbocycles. The van der Waals surface area contributed by atoms with Crippen LogP contribution in [0, 0.1) is 13.8 Å². The molecule has 3 rings (SSSR count). The van der Waals surface area contributed by atoms with E-state index < -0.39 is 10.0 Å². The summed E-state index contributed by atoms with van der Waals surface area (Å²) in [5.74, 6) is 1.14. The second kappa shape index (κ2) is 5.23. The molecule has 7 heteroatoms. The van der Waals surface area contributed by atoms with Crippen LogP contribution in [-0.2, 0) is 15.8 Å². The number of aromatic nitrogens is 2. The highest BCUT2D eigenvalue weighted by atomic mass is 32.2. The lowest BCUT2D eigenvalue weighted by Gasteiger charge is -2.35. The SMILES string of the molecule is Cc1cccc(CS(=O)(=O)N2CC(c3nc(C)no3)C2)c1. The van der Waals surface area contributed by atoms with E-state index in [9.17, 15) is 8.42 Å². The van der Waals surface area contributed by atoms with Crippen LogP contribution in [0.25, 0.3) is 0 Å². The topological polar surface area (TPSA) is 76.3 Å². The van der Waals surface area contributed by atoms with Gasteiger partial charge in [0.1, 0.15) is 0 Å². The normalized spacial score (nSPS) is 16.9. The lowest BCUT2D eigenvalue weighted by molar-refractivity contribution is 0.216. The van der Waals surface area contributed by atoms with Gasteiger partial charge in [-0.15, -0.1) is 0 Å². The Kier molecular flexibility index (Phi) is 3.54. The highest BCUT2D eigenvalue weighted by molar-refractivity contribution is 7.88. The van der Waals surface area contributed by atoms with Crippen LogP contribution in [0.2, 0.25) is 0 Å². The van der Waals surface area contributed by atoms with Gasteiger partial charge < -0.3 is 4.52 Å². The third-order valence-electron chi connectivity index (χ3n) is 3.57. The number of aryl methyl sites for hydroxylation is 2. The van der Waals surface area contributed by atoms with E-state index in [0.29, 0.717) is 24.8 Å². The van der Waals surface area contributed by atoms with Crippen LogP contribution in [0.1, 0.15) is 28.8 Å². The number of nitrogens with zero attached hydrogens (tertiary/aromatic N) is 3. The molecular weight excluding hydrogens is 290 g/mol. The van der Waals surface area contributed by atoms with E-state index in [0.717, 1.165) is 11.1 Å². The summed E-state index contributed by atoms with van der Waals surface area (Å²) in [6.45, 7) is 4.52. The number of rotatable bonds is 4. The molecule has 2 aromatic rings. The second-order valence-corrected chi connectivity index (χ2v) is 7.41. The summed E-state index contributed by atoms with van der Waals surface area (Å²) in [6, 6.07) is 7.56. The Hall–Kier alpha value is -1.73. The minimum Gasteiger partial charge on any atom is -0.339 e. The lowest BCUT2D eigenvalue weighted by Crippen LogP contribution is -2.48. The molecule has 0 atom stereocenters. The average molecular weight is 307 g/mol. The van der Waals surface area contributed by atoms with E-state index in [1.165, 1.54) is 4.31 Å². The molecule has 0 radical (unpaired) electrons. The zero-order chi connectivity index (χ0) is 15.0. The molecule has 1 aliphatic heterocycles. The zero-order valence-electron chi connectivity index (χ0n) is 12.0. The van der Waals surface area contributed by atoms with Crippen molar-refractivity contribution in [1.82, 2.24) is 14.4 Å².